The highest BCUT2D eigenvalue weighted by Crippen LogP contribution is 2.47. The number of carboxylic acids is 1. The van der Waals surface area contributed by atoms with Crippen molar-refractivity contribution in [2.45, 2.75) is 78.4 Å². The number of aryl methyl sites for hydroxylation is 2. The van der Waals surface area contributed by atoms with Crippen molar-refractivity contribution in [2.75, 3.05) is 0 Å². The predicted octanol–water partition coefficient (Wildman–Crippen LogP) is 5.71. The van der Waals surface area contributed by atoms with E-state index in [1.165, 1.54) is 36.1 Å². The second kappa shape index (κ2) is 13.2. The van der Waals surface area contributed by atoms with E-state index in [4.69, 9.17) is 16.3 Å². The number of benzene rings is 2. The lowest BCUT2D eigenvalue weighted by Crippen LogP contribution is -2.55. The van der Waals surface area contributed by atoms with Crippen LogP contribution in [0.2, 0.25) is 5.02 Å². The Kier molecular flexibility index (Phi) is 9.78. The van der Waals surface area contributed by atoms with E-state index in [1.807, 2.05) is 0 Å². The average molecular weight is 627 g/mol. The van der Waals surface area contributed by atoms with Gasteiger partial charge in [0.05, 0.1) is 17.2 Å². The highest BCUT2D eigenvalue weighted by atomic mass is 35.5. The number of halogens is 2. The zero-order valence-corrected chi connectivity index (χ0v) is 26.0. The van der Waals surface area contributed by atoms with Crippen molar-refractivity contribution >= 4 is 29.4 Å². The summed E-state index contributed by atoms with van der Waals surface area (Å²) in [7, 11) is 0. The number of carboxylic acid groups (broad SMARTS) is 1. The normalized spacial score (nSPS) is 17.3. The number of ether oxygens (including phenoxy) is 1. The molecule has 1 aliphatic heterocycles. The molecule has 2 aromatic carbocycles. The Balaban J connectivity index is 1.60. The van der Waals surface area contributed by atoms with Gasteiger partial charge >= 0.3 is 11.5 Å². The van der Waals surface area contributed by atoms with E-state index in [0.717, 1.165) is 0 Å². The first-order valence-corrected chi connectivity index (χ1v) is 14.9. The molecule has 3 atom stereocenters. The van der Waals surface area contributed by atoms with Crippen molar-refractivity contribution < 1.29 is 28.6 Å². The number of H-pyrrole nitrogens is 1. The number of carbonyl (C=O) groups is 3. The van der Waals surface area contributed by atoms with E-state index in [2.05, 4.69) is 15.5 Å². The molecule has 0 spiro atoms. The minimum absolute atomic E-state index is 0.0583. The average Bonchev–Trinajstić information content (AvgIpc) is 3.41. The molecule has 44 heavy (non-hydrogen) atoms. The molecule has 1 aromatic heterocycles. The summed E-state index contributed by atoms with van der Waals surface area (Å²) in [5.74, 6) is -2.17. The number of likely N-dealkylation sites (tertiary alicyclic amines) is 1. The zero-order chi connectivity index (χ0) is 32.3. The van der Waals surface area contributed by atoms with Crippen LogP contribution < -0.4 is 15.6 Å². The van der Waals surface area contributed by atoms with Gasteiger partial charge in [-0.05, 0) is 94.0 Å². The van der Waals surface area contributed by atoms with Crippen LogP contribution >= 0.6 is 11.6 Å². The zero-order valence-electron chi connectivity index (χ0n) is 25.2. The molecule has 4 rings (SSSR count). The second-order valence-electron chi connectivity index (χ2n) is 11.2. The highest BCUT2D eigenvalue weighted by Gasteiger charge is 2.52. The number of hydrogen-bond donors (Lipinski definition) is 3. The Hall–Kier alpha value is -4.25. The van der Waals surface area contributed by atoms with Crippen LogP contribution in [0.5, 0.6) is 11.5 Å². The van der Waals surface area contributed by atoms with Gasteiger partial charge in [-0.15, -0.1) is 0 Å². The van der Waals surface area contributed by atoms with Crippen LogP contribution in [0.15, 0.2) is 47.3 Å². The quantitative estimate of drug-likeness (QED) is 0.262. The maximum Gasteiger partial charge on any atom is 0.311 e. The monoisotopic (exact) mass is 626 g/mol. The third-order valence-corrected chi connectivity index (χ3v) is 8.73. The van der Waals surface area contributed by atoms with Crippen LogP contribution in [0.1, 0.15) is 79.7 Å². The van der Waals surface area contributed by atoms with Crippen LogP contribution in [0.3, 0.4) is 0 Å². The van der Waals surface area contributed by atoms with Crippen molar-refractivity contribution in [3.63, 3.8) is 0 Å². The van der Waals surface area contributed by atoms with Gasteiger partial charge in [-0.1, -0.05) is 25.4 Å². The van der Waals surface area contributed by atoms with Gasteiger partial charge in [-0.3, -0.25) is 19.2 Å². The van der Waals surface area contributed by atoms with Crippen LogP contribution in [-0.4, -0.2) is 50.1 Å². The summed E-state index contributed by atoms with van der Waals surface area (Å²) in [5, 5.41) is 19.4. The van der Waals surface area contributed by atoms with Gasteiger partial charge in [0.1, 0.15) is 17.6 Å². The number of aromatic nitrogens is 2. The smallest absolute Gasteiger partial charge is 0.311 e. The number of aromatic amines is 1. The van der Waals surface area contributed by atoms with E-state index in [0.29, 0.717) is 35.4 Å². The summed E-state index contributed by atoms with van der Waals surface area (Å²) in [6.45, 7) is 8.51. The van der Waals surface area contributed by atoms with Gasteiger partial charge in [0.15, 0.2) is 5.75 Å². The van der Waals surface area contributed by atoms with Crippen molar-refractivity contribution in [2.24, 2.45) is 5.41 Å². The molecule has 0 radical (unpaired) electrons. The third kappa shape index (κ3) is 6.47. The number of rotatable bonds is 10. The second-order valence-corrected chi connectivity index (χ2v) is 11.6. The van der Waals surface area contributed by atoms with Crippen LogP contribution in [0.25, 0.3) is 0 Å². The van der Waals surface area contributed by atoms with Gasteiger partial charge in [0.25, 0.3) is 5.91 Å². The predicted molar refractivity (Wildman–Crippen MR) is 162 cm³/mol. The van der Waals surface area contributed by atoms with Crippen molar-refractivity contribution in [3.8, 4) is 11.5 Å². The SMILES string of the molecule is CCC(CC)(C(=O)O)[C@H]1CC[C@@H](c2cc(F)cc(Cl)c2)N1C(=O)[C@@H](C)NC(=O)c1ccc(Oc2cc(C)n[nH]c2=O)c(C)c1. The molecular weight excluding hydrogens is 591 g/mol. The van der Waals surface area contributed by atoms with Gasteiger partial charge in [0.2, 0.25) is 5.91 Å². The summed E-state index contributed by atoms with van der Waals surface area (Å²) in [6.07, 6.45) is 1.36. The molecule has 1 fully saturated rings. The Morgan fingerprint density at radius 1 is 1.14 bits per heavy atom. The molecule has 1 saturated heterocycles. The number of amides is 2. The first-order chi connectivity index (χ1) is 20.8. The Bertz CT molecular complexity index is 1620. The minimum atomic E-state index is -1.23. The first kappa shape index (κ1) is 32.7. The van der Waals surface area contributed by atoms with Crippen LogP contribution in [-0.2, 0) is 9.59 Å². The molecule has 3 N–H and O–H groups in total. The topological polar surface area (TPSA) is 142 Å². The lowest BCUT2D eigenvalue weighted by molar-refractivity contribution is -0.157. The molecule has 10 nitrogen and oxygen atoms in total. The molecule has 0 bridgehead atoms. The minimum Gasteiger partial charge on any atom is -0.481 e. The van der Waals surface area contributed by atoms with Crippen molar-refractivity contribution in [1.82, 2.24) is 20.4 Å². The summed E-state index contributed by atoms with van der Waals surface area (Å²) >= 11 is 6.15. The molecule has 2 heterocycles. The maximum atomic E-state index is 14.4. The number of nitrogens with one attached hydrogen (secondary N) is 2. The van der Waals surface area contributed by atoms with Gasteiger partial charge < -0.3 is 20.1 Å². The maximum absolute atomic E-state index is 14.4. The van der Waals surface area contributed by atoms with Gasteiger partial charge in [-0.2, -0.15) is 5.10 Å². The fraction of sp³-hybridized carbons (Fsp3) is 0.406. The summed E-state index contributed by atoms with van der Waals surface area (Å²) < 4.78 is 20.1. The Morgan fingerprint density at radius 2 is 1.84 bits per heavy atom. The largest absolute Gasteiger partial charge is 0.481 e. The molecule has 12 heteroatoms. The summed E-state index contributed by atoms with van der Waals surface area (Å²) in [6, 6.07) is 7.83. The molecule has 0 saturated carbocycles. The van der Waals surface area contributed by atoms with Crippen molar-refractivity contribution in [1.29, 1.82) is 0 Å². The fourth-order valence-corrected chi connectivity index (χ4v) is 6.30. The summed E-state index contributed by atoms with van der Waals surface area (Å²) in [5.41, 5.74) is 0.126. The van der Waals surface area contributed by atoms with Crippen LogP contribution in [0.4, 0.5) is 4.39 Å². The first-order valence-electron chi connectivity index (χ1n) is 14.5. The number of hydrogen-bond acceptors (Lipinski definition) is 6. The van der Waals surface area contributed by atoms with Gasteiger partial charge in [0, 0.05) is 22.7 Å². The molecule has 2 amide bonds. The Morgan fingerprint density at radius 3 is 2.45 bits per heavy atom. The van der Waals surface area contributed by atoms with E-state index in [-0.39, 0.29) is 29.2 Å². The molecule has 0 aliphatic carbocycles. The lowest BCUT2D eigenvalue weighted by Gasteiger charge is -2.42. The molecule has 3 aromatic rings. The van der Waals surface area contributed by atoms with E-state index in [1.54, 1.807) is 45.9 Å². The third-order valence-electron chi connectivity index (χ3n) is 8.51. The number of carbonyl (C=O) groups excluding carboxylic acids is 2. The van der Waals surface area contributed by atoms with E-state index >= 15 is 0 Å². The van der Waals surface area contributed by atoms with Crippen LogP contribution in [0, 0.1) is 25.1 Å². The number of nitrogens with zero attached hydrogens (tertiary/aromatic N) is 2. The van der Waals surface area contributed by atoms with E-state index in [9.17, 15) is 28.7 Å². The lowest BCUT2D eigenvalue weighted by atomic mass is 9.74. The molecule has 1 aliphatic rings. The highest BCUT2D eigenvalue weighted by molar-refractivity contribution is 6.30. The Labute approximate surface area is 259 Å². The summed E-state index contributed by atoms with van der Waals surface area (Å²) in [4.78, 5) is 53.6. The van der Waals surface area contributed by atoms with E-state index < -0.39 is 52.7 Å². The molecule has 0 unspecified atom stereocenters. The van der Waals surface area contributed by atoms with Crippen molar-refractivity contribution in [3.05, 3.63) is 86.0 Å². The fourth-order valence-electron chi connectivity index (χ4n) is 6.07. The number of aliphatic carboxylic acids is 1. The van der Waals surface area contributed by atoms with Gasteiger partial charge in [-0.25, -0.2) is 9.49 Å². The molecule has 234 valence electrons. The standard InChI is InChI=1S/C32H36ClFN4O6/c1-6-32(7-2,31(42)43)27-11-9-24(21-14-22(33)16-23(34)15-21)38(27)30(41)19(5)35-28(39)20-8-10-25(17(3)12-20)44-26-13-18(4)36-37-29(26)40/h8,10,12-16,19,24,27H,6-7,9,11H2,1-5H3,(H,35,39)(H,37,40)(H,42,43)/t19-,24+,27-/m1/s1. The molecular formula is C32H36ClFN4O6.